The molecule has 7 nitrogen and oxygen atoms in total. The summed E-state index contributed by atoms with van der Waals surface area (Å²) in [5, 5.41) is 17.8. The van der Waals surface area contributed by atoms with Gasteiger partial charge in [-0.3, -0.25) is 4.79 Å². The first kappa shape index (κ1) is 16.8. The molecule has 1 aromatic carbocycles. The first-order valence-corrected chi connectivity index (χ1v) is 8.47. The van der Waals surface area contributed by atoms with Gasteiger partial charge in [0.25, 0.3) is 5.82 Å². The van der Waals surface area contributed by atoms with Crippen molar-refractivity contribution in [3.8, 4) is 17.3 Å². The van der Waals surface area contributed by atoms with Gasteiger partial charge in [-0.2, -0.15) is 5.26 Å². The van der Waals surface area contributed by atoms with Gasteiger partial charge in [-0.1, -0.05) is 6.07 Å². The molecule has 1 N–H and O–H groups in total. The Kier molecular flexibility index (Phi) is 4.59. The number of benzene rings is 1. The lowest BCUT2D eigenvalue weighted by molar-refractivity contribution is -0.116. The molecule has 0 radical (unpaired) electrons. The van der Waals surface area contributed by atoms with E-state index in [1.54, 1.807) is 0 Å². The highest BCUT2D eigenvalue weighted by molar-refractivity contribution is 7.14. The van der Waals surface area contributed by atoms with E-state index in [2.05, 4.69) is 53.3 Å². The number of nitriles is 1. The predicted octanol–water partition coefficient (Wildman–Crippen LogP) is 2.84. The van der Waals surface area contributed by atoms with Gasteiger partial charge < -0.3 is 5.32 Å². The minimum absolute atomic E-state index is 0.0216. The molecule has 0 bridgehead atoms. The molecule has 0 atom stereocenters. The summed E-state index contributed by atoms with van der Waals surface area (Å²) in [7, 11) is 0. The highest BCUT2D eigenvalue weighted by Crippen LogP contribution is 2.29. The summed E-state index contributed by atoms with van der Waals surface area (Å²) in [5.74, 6) is -0.235. The number of aromatic nitrogens is 4. The van der Waals surface area contributed by atoms with Gasteiger partial charge in [0.1, 0.15) is 18.9 Å². The summed E-state index contributed by atoms with van der Waals surface area (Å²) in [6.07, 6.45) is 1.35. The van der Waals surface area contributed by atoms with E-state index in [9.17, 15) is 4.79 Å². The van der Waals surface area contributed by atoms with Gasteiger partial charge >= 0.3 is 0 Å². The number of thiazole rings is 1. The average Bonchev–Trinajstić information content (AvgIpc) is 3.20. The van der Waals surface area contributed by atoms with Crippen LogP contribution in [0.5, 0.6) is 0 Å². The van der Waals surface area contributed by atoms with E-state index in [-0.39, 0.29) is 18.3 Å². The summed E-state index contributed by atoms with van der Waals surface area (Å²) >= 11 is 1.37. The first-order chi connectivity index (χ1) is 12.0. The van der Waals surface area contributed by atoms with Crippen molar-refractivity contribution in [2.24, 2.45) is 0 Å². The molecule has 8 heteroatoms. The van der Waals surface area contributed by atoms with Crippen LogP contribution < -0.4 is 5.32 Å². The SMILES string of the molecule is Cc1cc(C)c(-c2csc(NC(=O)Cn3cnc(C#N)n3)n2)cc1C. The van der Waals surface area contributed by atoms with E-state index < -0.39 is 0 Å². The van der Waals surface area contributed by atoms with Crippen LogP contribution in [0.1, 0.15) is 22.5 Å². The molecule has 0 aliphatic rings. The van der Waals surface area contributed by atoms with Crippen molar-refractivity contribution in [1.82, 2.24) is 19.7 Å². The van der Waals surface area contributed by atoms with Crippen LogP contribution in [-0.2, 0) is 11.3 Å². The fourth-order valence-corrected chi connectivity index (χ4v) is 3.15. The molecule has 0 spiro atoms. The molecule has 0 unspecified atom stereocenters. The van der Waals surface area contributed by atoms with Crippen molar-refractivity contribution in [1.29, 1.82) is 5.26 Å². The Bertz CT molecular complexity index is 981. The van der Waals surface area contributed by atoms with Crippen LogP contribution in [0, 0.1) is 32.1 Å². The van der Waals surface area contributed by atoms with Crippen molar-refractivity contribution in [3.05, 3.63) is 46.4 Å². The van der Waals surface area contributed by atoms with Crippen LogP contribution >= 0.6 is 11.3 Å². The molecular weight excluding hydrogens is 336 g/mol. The fourth-order valence-electron chi connectivity index (χ4n) is 2.42. The molecule has 0 saturated carbocycles. The van der Waals surface area contributed by atoms with Crippen LogP contribution in [-0.4, -0.2) is 25.7 Å². The molecule has 0 aliphatic carbocycles. The largest absolute Gasteiger partial charge is 0.300 e. The van der Waals surface area contributed by atoms with Gasteiger partial charge in [-0.05, 0) is 43.5 Å². The van der Waals surface area contributed by atoms with Crippen molar-refractivity contribution in [3.63, 3.8) is 0 Å². The van der Waals surface area contributed by atoms with E-state index in [0.717, 1.165) is 16.8 Å². The van der Waals surface area contributed by atoms with E-state index in [4.69, 9.17) is 5.26 Å². The highest BCUT2D eigenvalue weighted by atomic mass is 32.1. The molecule has 126 valence electrons. The number of carbonyl (C=O) groups is 1. The van der Waals surface area contributed by atoms with Gasteiger partial charge in [0.05, 0.1) is 5.69 Å². The van der Waals surface area contributed by atoms with Crippen LogP contribution in [0.4, 0.5) is 5.13 Å². The summed E-state index contributed by atoms with van der Waals surface area (Å²) in [4.78, 5) is 20.3. The summed E-state index contributed by atoms with van der Waals surface area (Å²) in [6.45, 7) is 6.19. The number of amides is 1. The number of aryl methyl sites for hydroxylation is 3. The van der Waals surface area contributed by atoms with Crippen LogP contribution in [0.25, 0.3) is 11.3 Å². The third kappa shape index (κ3) is 3.72. The number of nitrogens with one attached hydrogen (secondary N) is 1. The summed E-state index contributed by atoms with van der Waals surface area (Å²) in [5.41, 5.74) is 5.51. The fraction of sp³-hybridized carbons (Fsp3) is 0.235. The van der Waals surface area contributed by atoms with Gasteiger partial charge in [-0.25, -0.2) is 14.6 Å². The van der Waals surface area contributed by atoms with E-state index in [1.165, 1.54) is 33.5 Å². The van der Waals surface area contributed by atoms with Crippen molar-refractivity contribution in [2.75, 3.05) is 5.32 Å². The zero-order chi connectivity index (χ0) is 18.0. The van der Waals surface area contributed by atoms with Gasteiger partial charge in [0.2, 0.25) is 5.91 Å². The van der Waals surface area contributed by atoms with Crippen molar-refractivity contribution < 1.29 is 4.79 Å². The molecule has 25 heavy (non-hydrogen) atoms. The number of nitrogens with zero attached hydrogens (tertiary/aromatic N) is 5. The Hall–Kier alpha value is -3.05. The van der Waals surface area contributed by atoms with Crippen LogP contribution in [0.15, 0.2) is 23.8 Å². The molecular formula is C17H16N6OS. The molecule has 0 aliphatic heterocycles. The molecule has 0 saturated heterocycles. The second-order valence-electron chi connectivity index (χ2n) is 5.72. The normalized spacial score (nSPS) is 10.5. The Morgan fingerprint density at radius 3 is 2.76 bits per heavy atom. The average molecular weight is 352 g/mol. The summed E-state index contributed by atoms with van der Waals surface area (Å²) in [6, 6.07) is 6.07. The smallest absolute Gasteiger partial charge is 0.252 e. The van der Waals surface area contributed by atoms with Gasteiger partial charge in [0, 0.05) is 10.9 Å². The Morgan fingerprint density at radius 2 is 2.04 bits per heavy atom. The Morgan fingerprint density at radius 1 is 1.28 bits per heavy atom. The number of hydrogen-bond acceptors (Lipinski definition) is 6. The first-order valence-electron chi connectivity index (χ1n) is 7.59. The minimum atomic E-state index is -0.271. The number of anilines is 1. The van der Waals surface area contributed by atoms with E-state index >= 15 is 0 Å². The quantitative estimate of drug-likeness (QED) is 0.779. The van der Waals surface area contributed by atoms with E-state index in [0.29, 0.717) is 5.13 Å². The molecule has 3 aromatic rings. The predicted molar refractivity (Wildman–Crippen MR) is 95.1 cm³/mol. The van der Waals surface area contributed by atoms with Crippen LogP contribution in [0.2, 0.25) is 0 Å². The second-order valence-corrected chi connectivity index (χ2v) is 6.57. The monoisotopic (exact) mass is 352 g/mol. The zero-order valence-corrected chi connectivity index (χ0v) is 14.9. The third-order valence-corrected chi connectivity index (χ3v) is 4.57. The Labute approximate surface area is 149 Å². The van der Waals surface area contributed by atoms with Crippen molar-refractivity contribution in [2.45, 2.75) is 27.3 Å². The lowest BCUT2D eigenvalue weighted by atomic mass is 9.99. The number of carbonyl (C=O) groups excluding carboxylic acids is 1. The summed E-state index contributed by atoms with van der Waals surface area (Å²) < 4.78 is 1.32. The topological polar surface area (TPSA) is 96.5 Å². The Balaban J connectivity index is 1.72. The van der Waals surface area contributed by atoms with Gasteiger partial charge in [0.15, 0.2) is 5.13 Å². The molecule has 2 aromatic heterocycles. The van der Waals surface area contributed by atoms with Crippen molar-refractivity contribution >= 4 is 22.4 Å². The molecule has 3 rings (SSSR count). The molecule has 2 heterocycles. The van der Waals surface area contributed by atoms with Crippen LogP contribution in [0.3, 0.4) is 0 Å². The number of rotatable bonds is 4. The second kappa shape index (κ2) is 6.83. The third-order valence-electron chi connectivity index (χ3n) is 3.81. The van der Waals surface area contributed by atoms with E-state index in [1.807, 2.05) is 11.4 Å². The highest BCUT2D eigenvalue weighted by Gasteiger charge is 2.12. The minimum Gasteiger partial charge on any atom is -0.300 e. The molecule has 1 amide bonds. The standard InChI is InChI=1S/C17H16N6OS/c1-10-4-12(3)13(5-11(10)2)14-8-25-17(20-14)21-16(24)7-23-9-19-15(6-18)22-23/h4-5,8-9H,7H2,1-3H3,(H,20,21,24). The molecule has 0 fully saturated rings. The maximum Gasteiger partial charge on any atom is 0.252 e. The maximum atomic E-state index is 12.1. The van der Waals surface area contributed by atoms with Gasteiger partial charge in [-0.15, -0.1) is 16.4 Å². The lowest BCUT2D eigenvalue weighted by Crippen LogP contribution is -2.19. The lowest BCUT2D eigenvalue weighted by Gasteiger charge is -2.07. The zero-order valence-electron chi connectivity index (χ0n) is 14.1. The number of hydrogen-bond donors (Lipinski definition) is 1. The maximum absolute atomic E-state index is 12.1.